The van der Waals surface area contributed by atoms with E-state index in [0.29, 0.717) is 13.1 Å². The fraction of sp³-hybridized carbons (Fsp3) is 0.192. The predicted molar refractivity (Wildman–Crippen MR) is 124 cm³/mol. The highest BCUT2D eigenvalue weighted by Crippen LogP contribution is 2.24. The van der Waals surface area contributed by atoms with E-state index < -0.39 is 0 Å². The van der Waals surface area contributed by atoms with Crippen molar-refractivity contribution >= 4 is 22.5 Å². The summed E-state index contributed by atoms with van der Waals surface area (Å²) in [5.41, 5.74) is 3.94. The van der Waals surface area contributed by atoms with Crippen molar-refractivity contribution in [3.05, 3.63) is 90.0 Å². The van der Waals surface area contributed by atoms with Crippen LogP contribution in [-0.2, 0) is 0 Å². The number of hydrogen-bond donors (Lipinski definition) is 0. The number of aryl methyl sites for hydroxylation is 1. The number of carbonyl (C=O) groups is 1. The number of carbonyl (C=O) groups excluding carboxylic acids is 1. The minimum absolute atomic E-state index is 0.0948. The number of benzene rings is 3. The van der Waals surface area contributed by atoms with Crippen molar-refractivity contribution in [1.29, 1.82) is 0 Å². The Bertz CT molecular complexity index is 1220. The molecule has 0 aliphatic carbocycles. The van der Waals surface area contributed by atoms with Gasteiger partial charge in [0.2, 0.25) is 0 Å². The van der Waals surface area contributed by atoms with Gasteiger partial charge in [-0.15, -0.1) is 10.2 Å². The molecule has 1 aliphatic rings. The average Bonchev–Trinajstić information content (AvgIpc) is 2.84. The highest BCUT2D eigenvalue weighted by molar-refractivity contribution is 6.07. The van der Waals surface area contributed by atoms with Gasteiger partial charge in [-0.05, 0) is 41.5 Å². The van der Waals surface area contributed by atoms with Crippen molar-refractivity contribution in [2.24, 2.45) is 0 Å². The van der Waals surface area contributed by atoms with Crippen LogP contribution in [0, 0.1) is 6.92 Å². The number of aromatic nitrogens is 2. The molecule has 5 heteroatoms. The SMILES string of the molecule is Cc1ccccc1-c1ccc(N2CCN(C(=O)c3cccc4ccccc34)CC2)nn1. The maximum absolute atomic E-state index is 13.2. The molecule has 0 saturated carbocycles. The van der Waals surface area contributed by atoms with Crippen LogP contribution in [0.1, 0.15) is 15.9 Å². The molecule has 3 aromatic carbocycles. The number of amides is 1. The third-order valence-electron chi connectivity index (χ3n) is 5.98. The van der Waals surface area contributed by atoms with Gasteiger partial charge < -0.3 is 9.80 Å². The molecular weight excluding hydrogens is 384 g/mol. The second-order valence-electron chi connectivity index (χ2n) is 7.90. The first-order chi connectivity index (χ1) is 15.2. The van der Waals surface area contributed by atoms with Crippen LogP contribution in [0.3, 0.4) is 0 Å². The van der Waals surface area contributed by atoms with E-state index in [4.69, 9.17) is 0 Å². The van der Waals surface area contributed by atoms with Gasteiger partial charge in [0.05, 0.1) is 5.69 Å². The van der Waals surface area contributed by atoms with Crippen LogP contribution in [0.2, 0.25) is 0 Å². The lowest BCUT2D eigenvalue weighted by Crippen LogP contribution is -2.49. The van der Waals surface area contributed by atoms with E-state index >= 15 is 0 Å². The molecule has 1 amide bonds. The number of anilines is 1. The lowest BCUT2D eigenvalue weighted by molar-refractivity contribution is 0.0748. The van der Waals surface area contributed by atoms with Crippen LogP contribution in [0.5, 0.6) is 0 Å². The molecule has 1 saturated heterocycles. The van der Waals surface area contributed by atoms with Gasteiger partial charge in [-0.3, -0.25) is 4.79 Å². The molecular formula is C26H24N4O. The molecule has 5 rings (SSSR count). The molecule has 1 aliphatic heterocycles. The monoisotopic (exact) mass is 408 g/mol. The highest BCUT2D eigenvalue weighted by atomic mass is 16.2. The van der Waals surface area contributed by atoms with Crippen LogP contribution >= 0.6 is 0 Å². The molecule has 154 valence electrons. The lowest BCUT2D eigenvalue weighted by atomic mass is 10.0. The Kier molecular flexibility index (Phi) is 5.08. The van der Waals surface area contributed by atoms with Crippen LogP contribution in [0.25, 0.3) is 22.0 Å². The van der Waals surface area contributed by atoms with E-state index in [9.17, 15) is 4.79 Å². The van der Waals surface area contributed by atoms with E-state index in [1.807, 2.05) is 71.6 Å². The Hall–Kier alpha value is -3.73. The first kappa shape index (κ1) is 19.2. The van der Waals surface area contributed by atoms with Crippen molar-refractivity contribution in [3.63, 3.8) is 0 Å². The average molecular weight is 409 g/mol. The summed E-state index contributed by atoms with van der Waals surface area (Å²) in [4.78, 5) is 17.3. The van der Waals surface area contributed by atoms with Gasteiger partial charge in [0.15, 0.2) is 5.82 Å². The van der Waals surface area contributed by atoms with E-state index in [-0.39, 0.29) is 5.91 Å². The van der Waals surface area contributed by atoms with Crippen LogP contribution in [-0.4, -0.2) is 47.2 Å². The third kappa shape index (κ3) is 3.75. The molecule has 1 fully saturated rings. The lowest BCUT2D eigenvalue weighted by Gasteiger charge is -2.35. The van der Waals surface area contributed by atoms with Crippen LogP contribution < -0.4 is 4.90 Å². The van der Waals surface area contributed by atoms with Gasteiger partial charge in [-0.25, -0.2) is 0 Å². The summed E-state index contributed by atoms with van der Waals surface area (Å²) in [7, 11) is 0. The summed E-state index contributed by atoms with van der Waals surface area (Å²) in [6.07, 6.45) is 0. The van der Waals surface area contributed by atoms with E-state index in [1.165, 1.54) is 5.56 Å². The molecule has 2 heterocycles. The van der Waals surface area contributed by atoms with E-state index in [2.05, 4.69) is 34.2 Å². The Morgan fingerprint density at radius 3 is 2.29 bits per heavy atom. The van der Waals surface area contributed by atoms with Crippen LogP contribution in [0.15, 0.2) is 78.9 Å². The number of nitrogens with zero attached hydrogens (tertiary/aromatic N) is 4. The third-order valence-corrected chi connectivity index (χ3v) is 5.98. The number of hydrogen-bond acceptors (Lipinski definition) is 4. The maximum atomic E-state index is 13.2. The summed E-state index contributed by atoms with van der Waals surface area (Å²) < 4.78 is 0. The maximum Gasteiger partial charge on any atom is 0.254 e. The number of fused-ring (bicyclic) bond motifs is 1. The van der Waals surface area contributed by atoms with Gasteiger partial charge in [0.1, 0.15) is 0 Å². The standard InChI is InChI=1S/C26H24N4O/c1-19-7-2-4-10-21(19)24-13-14-25(28-27-24)29-15-17-30(18-16-29)26(31)23-12-6-9-20-8-3-5-11-22(20)23/h2-14H,15-18H2,1H3. The van der Waals surface area contributed by atoms with Crippen molar-refractivity contribution < 1.29 is 4.79 Å². The number of piperazine rings is 1. The normalized spacial score (nSPS) is 14.1. The second kappa shape index (κ2) is 8.19. The highest BCUT2D eigenvalue weighted by Gasteiger charge is 2.24. The smallest absolute Gasteiger partial charge is 0.254 e. The molecule has 0 N–H and O–H groups in total. The quantitative estimate of drug-likeness (QED) is 0.498. The zero-order valence-corrected chi connectivity index (χ0v) is 17.5. The van der Waals surface area contributed by atoms with E-state index in [0.717, 1.165) is 46.5 Å². The Balaban J connectivity index is 1.28. The first-order valence-electron chi connectivity index (χ1n) is 10.6. The fourth-order valence-corrected chi connectivity index (χ4v) is 4.22. The molecule has 4 aromatic rings. The Labute approximate surface area is 182 Å². The predicted octanol–water partition coefficient (Wildman–Crippen LogP) is 4.57. The fourth-order valence-electron chi connectivity index (χ4n) is 4.22. The minimum atomic E-state index is 0.0948. The van der Waals surface area contributed by atoms with Crippen molar-refractivity contribution in [2.45, 2.75) is 6.92 Å². The molecule has 0 spiro atoms. The molecule has 0 bridgehead atoms. The Morgan fingerprint density at radius 2 is 1.52 bits per heavy atom. The molecule has 0 radical (unpaired) electrons. The summed E-state index contributed by atoms with van der Waals surface area (Å²) in [5.74, 6) is 0.951. The van der Waals surface area contributed by atoms with Crippen molar-refractivity contribution in [2.75, 3.05) is 31.1 Å². The van der Waals surface area contributed by atoms with Crippen molar-refractivity contribution in [1.82, 2.24) is 15.1 Å². The van der Waals surface area contributed by atoms with E-state index in [1.54, 1.807) is 0 Å². The molecule has 0 unspecified atom stereocenters. The van der Waals surface area contributed by atoms with Crippen molar-refractivity contribution in [3.8, 4) is 11.3 Å². The van der Waals surface area contributed by atoms with Gasteiger partial charge in [-0.1, -0.05) is 60.7 Å². The summed E-state index contributed by atoms with van der Waals surface area (Å²) in [5, 5.41) is 11.0. The molecule has 0 atom stereocenters. The number of rotatable bonds is 3. The second-order valence-corrected chi connectivity index (χ2v) is 7.90. The topological polar surface area (TPSA) is 49.3 Å². The van der Waals surface area contributed by atoms with Gasteiger partial charge in [-0.2, -0.15) is 0 Å². The first-order valence-corrected chi connectivity index (χ1v) is 10.6. The van der Waals surface area contributed by atoms with Gasteiger partial charge in [0, 0.05) is 37.3 Å². The zero-order valence-electron chi connectivity index (χ0n) is 17.5. The summed E-state index contributed by atoms with van der Waals surface area (Å²) in [6.45, 7) is 4.91. The van der Waals surface area contributed by atoms with Gasteiger partial charge >= 0.3 is 0 Å². The zero-order chi connectivity index (χ0) is 21.2. The summed E-state index contributed by atoms with van der Waals surface area (Å²) in [6, 6.07) is 26.2. The molecule has 31 heavy (non-hydrogen) atoms. The molecule has 1 aromatic heterocycles. The minimum Gasteiger partial charge on any atom is -0.352 e. The molecule has 5 nitrogen and oxygen atoms in total. The summed E-state index contributed by atoms with van der Waals surface area (Å²) >= 11 is 0. The van der Waals surface area contributed by atoms with Crippen LogP contribution in [0.4, 0.5) is 5.82 Å². The van der Waals surface area contributed by atoms with Gasteiger partial charge in [0.25, 0.3) is 5.91 Å². The largest absolute Gasteiger partial charge is 0.352 e. The Morgan fingerprint density at radius 1 is 0.774 bits per heavy atom.